The molecule has 150 valence electrons. The van der Waals surface area contributed by atoms with Gasteiger partial charge in [0, 0.05) is 0 Å². The molecule has 0 atom stereocenters. The Morgan fingerprint density at radius 1 is 0.556 bits per heavy atom. The fourth-order valence-electron chi connectivity index (χ4n) is 4.49. The largest absolute Gasteiger partial charge is 2.00 e. The minimum Gasteiger partial charge on any atom is -0.210 e. The van der Waals surface area contributed by atoms with Gasteiger partial charge in [-0.2, -0.15) is 45.5 Å². The van der Waals surface area contributed by atoms with Gasteiger partial charge in [0.15, 0.2) is 0 Å². The van der Waals surface area contributed by atoms with Crippen molar-refractivity contribution in [2.75, 3.05) is 0 Å². The molecule has 0 fully saturated rings. The third-order valence-electron chi connectivity index (χ3n) is 6.04. The van der Waals surface area contributed by atoms with E-state index in [1.165, 1.54) is 88.2 Å². The van der Waals surface area contributed by atoms with Gasteiger partial charge in [-0.1, -0.05) is 90.9 Å². The van der Waals surface area contributed by atoms with Gasteiger partial charge in [0.25, 0.3) is 0 Å². The first-order valence-corrected chi connectivity index (χ1v) is 10.2. The van der Waals surface area contributed by atoms with Crippen LogP contribution in [0.4, 0.5) is 0 Å². The molecule has 27 heavy (non-hydrogen) atoms. The Morgan fingerprint density at radius 2 is 0.889 bits per heavy atom. The number of hydrogen-bond donors (Lipinski definition) is 0. The van der Waals surface area contributed by atoms with Gasteiger partial charge in [-0.05, 0) is 0 Å². The van der Waals surface area contributed by atoms with Crippen LogP contribution in [0.1, 0.15) is 84.7 Å². The van der Waals surface area contributed by atoms with E-state index in [2.05, 4.69) is 38.1 Å². The van der Waals surface area contributed by atoms with Crippen molar-refractivity contribution >= 4 is 24.8 Å². The number of aryl methyl sites for hydroxylation is 4. The molecule has 0 saturated carbocycles. The summed E-state index contributed by atoms with van der Waals surface area (Å²) in [5.74, 6) is 0. The van der Waals surface area contributed by atoms with Crippen LogP contribution in [0.3, 0.4) is 0 Å². The van der Waals surface area contributed by atoms with Crippen molar-refractivity contribution in [1.82, 2.24) is 0 Å². The van der Waals surface area contributed by atoms with Gasteiger partial charge in [-0.25, -0.2) is 12.1 Å². The standard InChI is InChI=1S/2C12H17.2ClH.Zr/c2*1-10-8-9-11-6-4-2-3-5-7-12(10)11;;;/h2*8-9H,2-7H2,1H3;2*1H;/q2*-1;;;+2. The SMILES string of the molecule is C[c-]1ccc2c1CCCCCC2.C[c-]1ccc2c1CCCCCC2.Cl.Cl.[Zr+2]. The number of rotatable bonds is 0. The number of halogens is 2. The predicted octanol–water partition coefficient (Wildman–Crippen LogP) is 7.59. The molecule has 2 aromatic carbocycles. The third kappa shape index (κ3) is 7.83. The monoisotopic (exact) mass is 484 g/mol. The van der Waals surface area contributed by atoms with Crippen LogP contribution in [-0.4, -0.2) is 0 Å². The van der Waals surface area contributed by atoms with Gasteiger partial charge >= 0.3 is 26.2 Å². The molecule has 2 aromatic rings. The Kier molecular flexibility index (Phi) is 14.3. The van der Waals surface area contributed by atoms with E-state index in [-0.39, 0.29) is 51.0 Å². The fraction of sp³-hybridized carbons (Fsp3) is 0.583. The molecule has 0 saturated heterocycles. The smallest absolute Gasteiger partial charge is 0.210 e. The second-order valence-electron chi connectivity index (χ2n) is 7.87. The van der Waals surface area contributed by atoms with Crippen molar-refractivity contribution in [3.8, 4) is 0 Å². The van der Waals surface area contributed by atoms with E-state index in [0.29, 0.717) is 0 Å². The molecule has 0 spiro atoms. The zero-order valence-electron chi connectivity index (χ0n) is 17.1. The summed E-state index contributed by atoms with van der Waals surface area (Å²) in [4.78, 5) is 0. The first-order chi connectivity index (χ1) is 11.8. The van der Waals surface area contributed by atoms with E-state index < -0.39 is 0 Å². The Hall–Kier alpha value is 0.163. The summed E-state index contributed by atoms with van der Waals surface area (Å²) in [6.45, 7) is 4.50. The van der Waals surface area contributed by atoms with E-state index in [0.717, 1.165) is 0 Å². The van der Waals surface area contributed by atoms with E-state index in [1.54, 1.807) is 22.3 Å². The van der Waals surface area contributed by atoms with Gasteiger partial charge in [0.1, 0.15) is 0 Å². The normalized spacial score (nSPS) is 16.1. The summed E-state index contributed by atoms with van der Waals surface area (Å²) < 4.78 is 0. The maximum absolute atomic E-state index is 2.33. The van der Waals surface area contributed by atoms with Crippen LogP contribution in [0.2, 0.25) is 0 Å². The number of fused-ring (bicyclic) bond motifs is 2. The first kappa shape index (κ1) is 27.2. The van der Waals surface area contributed by atoms with Crippen molar-refractivity contribution in [3.63, 3.8) is 0 Å². The predicted molar refractivity (Wildman–Crippen MR) is 120 cm³/mol. The zero-order chi connectivity index (χ0) is 16.8. The molecule has 0 unspecified atom stereocenters. The quantitative estimate of drug-likeness (QED) is 0.337. The van der Waals surface area contributed by atoms with Crippen molar-refractivity contribution in [2.24, 2.45) is 0 Å². The third-order valence-corrected chi connectivity index (χ3v) is 6.04. The summed E-state index contributed by atoms with van der Waals surface area (Å²) in [7, 11) is 0. The fourth-order valence-corrected chi connectivity index (χ4v) is 4.49. The van der Waals surface area contributed by atoms with Crippen LogP contribution in [-0.2, 0) is 51.9 Å². The summed E-state index contributed by atoms with van der Waals surface area (Å²) >= 11 is 0. The van der Waals surface area contributed by atoms with Crippen LogP contribution in [0, 0.1) is 13.8 Å². The Bertz CT molecular complexity index is 583. The van der Waals surface area contributed by atoms with E-state index in [9.17, 15) is 0 Å². The van der Waals surface area contributed by atoms with E-state index in [4.69, 9.17) is 0 Å². The minimum absolute atomic E-state index is 0. The summed E-state index contributed by atoms with van der Waals surface area (Å²) in [5, 5.41) is 0. The minimum atomic E-state index is 0. The Labute approximate surface area is 198 Å². The van der Waals surface area contributed by atoms with Crippen molar-refractivity contribution < 1.29 is 26.2 Å². The molecule has 0 radical (unpaired) electrons. The van der Waals surface area contributed by atoms with Crippen LogP contribution in [0.25, 0.3) is 0 Å². The van der Waals surface area contributed by atoms with Gasteiger partial charge < -0.3 is 0 Å². The van der Waals surface area contributed by atoms with Gasteiger partial charge in [-0.15, -0.1) is 24.8 Å². The van der Waals surface area contributed by atoms with Gasteiger partial charge in [0.2, 0.25) is 0 Å². The van der Waals surface area contributed by atoms with Crippen LogP contribution < -0.4 is 0 Å². The van der Waals surface area contributed by atoms with Crippen molar-refractivity contribution in [3.05, 3.63) is 57.6 Å². The van der Waals surface area contributed by atoms with E-state index >= 15 is 0 Å². The molecule has 2 aliphatic carbocycles. The Morgan fingerprint density at radius 3 is 1.26 bits per heavy atom. The molecular weight excluding hydrogens is 450 g/mol. The zero-order valence-corrected chi connectivity index (χ0v) is 21.2. The van der Waals surface area contributed by atoms with Crippen LogP contribution in [0.5, 0.6) is 0 Å². The first-order valence-electron chi connectivity index (χ1n) is 10.2. The molecule has 0 aromatic heterocycles. The van der Waals surface area contributed by atoms with Gasteiger partial charge in [-0.3, -0.25) is 0 Å². The van der Waals surface area contributed by atoms with Crippen LogP contribution in [0.15, 0.2) is 24.3 Å². The molecule has 0 N–H and O–H groups in total. The number of hydrogen-bond acceptors (Lipinski definition) is 0. The summed E-state index contributed by atoms with van der Waals surface area (Å²) in [6, 6.07) is 9.23. The molecule has 3 heteroatoms. The molecular formula is C24H36Cl2Zr. The molecule has 4 rings (SSSR count). The molecule has 0 bridgehead atoms. The molecule has 2 aliphatic rings. The Balaban J connectivity index is 0.000000451. The second kappa shape index (κ2) is 14.2. The van der Waals surface area contributed by atoms with Gasteiger partial charge in [0.05, 0.1) is 0 Å². The maximum atomic E-state index is 2.33. The van der Waals surface area contributed by atoms with Crippen molar-refractivity contribution in [2.45, 2.75) is 90.9 Å². The van der Waals surface area contributed by atoms with Crippen molar-refractivity contribution in [1.29, 1.82) is 0 Å². The second-order valence-corrected chi connectivity index (χ2v) is 7.87. The summed E-state index contributed by atoms with van der Waals surface area (Å²) in [5.41, 5.74) is 9.63. The molecule has 0 heterocycles. The average Bonchev–Trinajstić information content (AvgIpc) is 3.02. The van der Waals surface area contributed by atoms with Crippen LogP contribution >= 0.6 is 24.8 Å². The van der Waals surface area contributed by atoms with E-state index in [1.807, 2.05) is 0 Å². The maximum Gasteiger partial charge on any atom is 2.00 e. The summed E-state index contributed by atoms with van der Waals surface area (Å²) in [6.07, 6.45) is 16.6. The average molecular weight is 487 g/mol. The molecule has 0 nitrogen and oxygen atoms in total. The topological polar surface area (TPSA) is 0 Å². The molecule has 0 amide bonds. The molecule has 0 aliphatic heterocycles.